The van der Waals surface area contributed by atoms with Gasteiger partial charge in [0.25, 0.3) is 0 Å². The van der Waals surface area contributed by atoms with Gasteiger partial charge in [0.15, 0.2) is 0 Å². The third-order valence-corrected chi connectivity index (χ3v) is 2.74. The highest BCUT2D eigenvalue weighted by molar-refractivity contribution is 5.95. The summed E-state index contributed by atoms with van der Waals surface area (Å²) in [7, 11) is 0. The van der Waals surface area contributed by atoms with Gasteiger partial charge in [-0.2, -0.15) is 0 Å². The molecule has 0 unspecified atom stereocenters. The van der Waals surface area contributed by atoms with Crippen molar-refractivity contribution < 1.29 is 4.74 Å². The molecule has 84 valence electrons. The van der Waals surface area contributed by atoms with Gasteiger partial charge in [0.1, 0.15) is 12.6 Å². The molecule has 1 aromatic carbocycles. The molecule has 1 aliphatic rings. The Labute approximate surface area is 99.8 Å². The van der Waals surface area contributed by atoms with E-state index in [-0.39, 0.29) is 6.04 Å². The van der Waals surface area contributed by atoms with Crippen LogP contribution in [0.2, 0.25) is 0 Å². The van der Waals surface area contributed by atoms with Crippen LogP contribution >= 0.6 is 0 Å². The fourth-order valence-electron chi connectivity index (χ4n) is 1.86. The SMILES string of the molecule is c1ccc(C2=N[C@H](c3cccnc3)CO2)cc1. The van der Waals surface area contributed by atoms with Gasteiger partial charge in [-0.3, -0.25) is 4.98 Å². The molecule has 1 atom stereocenters. The van der Waals surface area contributed by atoms with E-state index in [2.05, 4.69) is 9.98 Å². The van der Waals surface area contributed by atoms with Crippen LogP contribution in [0.4, 0.5) is 0 Å². The standard InChI is InChI=1S/C14H12N2O/c1-2-5-11(6-3-1)14-16-13(10-17-14)12-7-4-8-15-9-12/h1-9,13H,10H2/t13-/m0/s1. The molecule has 0 saturated carbocycles. The van der Waals surface area contributed by atoms with Crippen LogP contribution in [0, 0.1) is 0 Å². The number of rotatable bonds is 2. The molecule has 0 fully saturated rings. The van der Waals surface area contributed by atoms with Gasteiger partial charge in [0.05, 0.1) is 0 Å². The van der Waals surface area contributed by atoms with E-state index in [0.29, 0.717) is 6.61 Å². The summed E-state index contributed by atoms with van der Waals surface area (Å²) in [6.07, 6.45) is 3.60. The van der Waals surface area contributed by atoms with Crippen molar-refractivity contribution in [3.8, 4) is 0 Å². The minimum Gasteiger partial charge on any atom is -0.475 e. The van der Waals surface area contributed by atoms with Crippen molar-refractivity contribution in [1.82, 2.24) is 4.98 Å². The molecule has 1 aliphatic heterocycles. The summed E-state index contributed by atoms with van der Waals surface area (Å²) in [5.74, 6) is 0.722. The third kappa shape index (κ3) is 2.04. The fourth-order valence-corrected chi connectivity index (χ4v) is 1.86. The minimum atomic E-state index is 0.0684. The summed E-state index contributed by atoms with van der Waals surface area (Å²) in [4.78, 5) is 8.69. The van der Waals surface area contributed by atoms with E-state index in [9.17, 15) is 0 Å². The molecule has 0 aliphatic carbocycles. The predicted molar refractivity (Wildman–Crippen MR) is 65.9 cm³/mol. The van der Waals surface area contributed by atoms with E-state index in [1.54, 1.807) is 6.20 Å². The van der Waals surface area contributed by atoms with E-state index in [4.69, 9.17) is 4.74 Å². The maximum Gasteiger partial charge on any atom is 0.216 e. The molecule has 0 saturated heterocycles. The van der Waals surface area contributed by atoms with Crippen LogP contribution in [0.15, 0.2) is 59.9 Å². The first-order valence-electron chi connectivity index (χ1n) is 5.59. The molecule has 0 bridgehead atoms. The predicted octanol–water partition coefficient (Wildman–Crippen LogP) is 2.60. The van der Waals surface area contributed by atoms with Crippen molar-refractivity contribution in [2.75, 3.05) is 6.61 Å². The van der Waals surface area contributed by atoms with Gasteiger partial charge in [-0.05, 0) is 23.8 Å². The van der Waals surface area contributed by atoms with Gasteiger partial charge < -0.3 is 4.74 Å². The number of hydrogen-bond acceptors (Lipinski definition) is 3. The van der Waals surface area contributed by atoms with E-state index in [1.165, 1.54) is 0 Å². The number of aromatic nitrogens is 1. The fraction of sp³-hybridized carbons (Fsp3) is 0.143. The molecule has 0 N–H and O–H groups in total. The second-order valence-corrected chi connectivity index (χ2v) is 3.91. The first-order valence-corrected chi connectivity index (χ1v) is 5.59. The van der Waals surface area contributed by atoms with Crippen molar-refractivity contribution in [1.29, 1.82) is 0 Å². The van der Waals surface area contributed by atoms with Gasteiger partial charge in [-0.1, -0.05) is 24.3 Å². The highest BCUT2D eigenvalue weighted by atomic mass is 16.5. The molecule has 0 spiro atoms. The molecule has 0 radical (unpaired) electrons. The Bertz CT molecular complexity index is 522. The lowest BCUT2D eigenvalue weighted by molar-refractivity contribution is 0.319. The maximum absolute atomic E-state index is 5.63. The minimum absolute atomic E-state index is 0.0684. The average Bonchev–Trinajstić information content (AvgIpc) is 2.90. The van der Waals surface area contributed by atoms with Crippen LogP contribution in [0.5, 0.6) is 0 Å². The second kappa shape index (κ2) is 4.37. The van der Waals surface area contributed by atoms with Crippen molar-refractivity contribution in [2.45, 2.75) is 6.04 Å². The van der Waals surface area contributed by atoms with Crippen molar-refractivity contribution in [2.24, 2.45) is 4.99 Å². The Balaban J connectivity index is 1.87. The van der Waals surface area contributed by atoms with E-state index >= 15 is 0 Å². The lowest BCUT2D eigenvalue weighted by Gasteiger charge is -2.02. The van der Waals surface area contributed by atoms with Gasteiger partial charge in [-0.25, -0.2) is 4.99 Å². The zero-order chi connectivity index (χ0) is 11.5. The second-order valence-electron chi connectivity index (χ2n) is 3.91. The topological polar surface area (TPSA) is 34.5 Å². The van der Waals surface area contributed by atoms with E-state index in [1.807, 2.05) is 48.7 Å². The summed E-state index contributed by atoms with van der Waals surface area (Å²) in [6.45, 7) is 0.593. The first kappa shape index (κ1) is 10.0. The molecule has 3 rings (SSSR count). The quantitative estimate of drug-likeness (QED) is 0.785. The molecule has 17 heavy (non-hydrogen) atoms. The average molecular weight is 224 g/mol. The molecule has 3 nitrogen and oxygen atoms in total. The number of pyridine rings is 1. The number of aliphatic imine (C=N–C) groups is 1. The third-order valence-electron chi connectivity index (χ3n) is 2.74. The van der Waals surface area contributed by atoms with Gasteiger partial charge >= 0.3 is 0 Å². The lowest BCUT2D eigenvalue weighted by Crippen LogP contribution is -2.00. The van der Waals surface area contributed by atoms with Gasteiger partial charge in [0, 0.05) is 18.0 Å². The Kier molecular flexibility index (Phi) is 2.58. The molecule has 2 heterocycles. The molecule has 1 aromatic heterocycles. The molecule has 2 aromatic rings. The van der Waals surface area contributed by atoms with Crippen LogP contribution in [0.3, 0.4) is 0 Å². The lowest BCUT2D eigenvalue weighted by atomic mass is 10.1. The smallest absolute Gasteiger partial charge is 0.216 e. The van der Waals surface area contributed by atoms with Gasteiger partial charge in [0.2, 0.25) is 5.90 Å². The highest BCUT2D eigenvalue weighted by Crippen LogP contribution is 2.24. The van der Waals surface area contributed by atoms with Crippen molar-refractivity contribution >= 4 is 5.90 Å². The normalized spacial score (nSPS) is 18.6. The summed E-state index contributed by atoms with van der Waals surface area (Å²) in [5, 5.41) is 0. The summed E-state index contributed by atoms with van der Waals surface area (Å²) in [5.41, 5.74) is 2.12. The van der Waals surface area contributed by atoms with Crippen molar-refractivity contribution in [3.05, 3.63) is 66.0 Å². The Morgan fingerprint density at radius 1 is 1.06 bits per heavy atom. The van der Waals surface area contributed by atoms with Crippen LogP contribution in [0.25, 0.3) is 0 Å². The number of benzene rings is 1. The van der Waals surface area contributed by atoms with Crippen LogP contribution in [0.1, 0.15) is 17.2 Å². The zero-order valence-electron chi connectivity index (χ0n) is 9.28. The first-order chi connectivity index (χ1) is 8.43. The number of hydrogen-bond donors (Lipinski definition) is 0. The maximum atomic E-state index is 5.63. The highest BCUT2D eigenvalue weighted by Gasteiger charge is 2.21. The largest absolute Gasteiger partial charge is 0.475 e. The van der Waals surface area contributed by atoms with E-state index < -0.39 is 0 Å². The molecular weight excluding hydrogens is 212 g/mol. The molecule has 3 heteroatoms. The van der Waals surface area contributed by atoms with E-state index in [0.717, 1.165) is 17.0 Å². The Morgan fingerprint density at radius 3 is 2.71 bits per heavy atom. The van der Waals surface area contributed by atoms with Crippen molar-refractivity contribution in [3.63, 3.8) is 0 Å². The summed E-state index contributed by atoms with van der Waals surface area (Å²) < 4.78 is 5.63. The summed E-state index contributed by atoms with van der Waals surface area (Å²) >= 11 is 0. The zero-order valence-corrected chi connectivity index (χ0v) is 9.28. The number of nitrogens with zero attached hydrogens (tertiary/aromatic N) is 2. The van der Waals surface area contributed by atoms with Crippen LogP contribution < -0.4 is 0 Å². The molecule has 0 amide bonds. The number of ether oxygens (including phenoxy) is 1. The monoisotopic (exact) mass is 224 g/mol. The Hall–Kier alpha value is -2.16. The van der Waals surface area contributed by atoms with Crippen LogP contribution in [-0.4, -0.2) is 17.5 Å². The summed E-state index contributed by atoms with van der Waals surface area (Å²) in [6, 6.07) is 14.0. The molecular formula is C14H12N2O. The van der Waals surface area contributed by atoms with Gasteiger partial charge in [-0.15, -0.1) is 0 Å². The van der Waals surface area contributed by atoms with Crippen LogP contribution in [-0.2, 0) is 4.74 Å². The Morgan fingerprint density at radius 2 is 1.94 bits per heavy atom.